The van der Waals surface area contributed by atoms with Gasteiger partial charge in [0, 0.05) is 29.2 Å². The topological polar surface area (TPSA) is 93.8 Å². The van der Waals surface area contributed by atoms with E-state index < -0.39 is 17.9 Å². The van der Waals surface area contributed by atoms with E-state index in [0.29, 0.717) is 12.3 Å². The van der Waals surface area contributed by atoms with E-state index in [1.54, 1.807) is 6.08 Å². The van der Waals surface area contributed by atoms with Crippen molar-refractivity contribution in [1.82, 2.24) is 14.8 Å². The van der Waals surface area contributed by atoms with Crippen LogP contribution in [0.25, 0.3) is 27.8 Å². The zero-order valence-electron chi connectivity index (χ0n) is 20.5. The Morgan fingerprint density at radius 1 is 0.921 bits per heavy atom. The van der Waals surface area contributed by atoms with E-state index in [9.17, 15) is 14.4 Å². The van der Waals surface area contributed by atoms with Gasteiger partial charge in [0.2, 0.25) is 5.76 Å². The van der Waals surface area contributed by atoms with Crippen LogP contribution in [-0.4, -0.2) is 34.5 Å². The van der Waals surface area contributed by atoms with Crippen molar-refractivity contribution in [1.29, 1.82) is 0 Å². The number of benzene rings is 3. The molecule has 3 amide bonds. The zero-order chi connectivity index (χ0) is 26.2. The molecule has 0 spiro atoms. The van der Waals surface area contributed by atoms with E-state index in [0.717, 1.165) is 21.4 Å². The number of carbonyl (C=O) groups excluding carboxylic acids is 3. The standard InChI is InChI=1S/C30H23N3O5/c1-37-29(35)27-14-13-22(38-27)18-33-28(34)25(31-30(33)36)15-21-17-32(26-12-5-4-11-24(21)26)16-20-9-6-8-19-7-2-3-10-23(19)20/h2-15,17H,16,18H2,1H3,(H,31,36)/b25-15-. The molecule has 1 N–H and O–H groups in total. The maximum atomic E-state index is 13.1. The van der Waals surface area contributed by atoms with Gasteiger partial charge in [0.15, 0.2) is 0 Å². The van der Waals surface area contributed by atoms with Gasteiger partial charge in [-0.1, -0.05) is 60.7 Å². The average Bonchev–Trinajstić information content (AvgIpc) is 3.62. The first-order chi connectivity index (χ1) is 18.5. The monoisotopic (exact) mass is 505 g/mol. The number of nitrogens with zero attached hydrogens (tertiary/aromatic N) is 2. The molecular formula is C30H23N3O5. The molecule has 0 atom stereocenters. The first-order valence-electron chi connectivity index (χ1n) is 12.1. The van der Waals surface area contributed by atoms with Crippen LogP contribution < -0.4 is 5.32 Å². The number of hydrogen-bond donors (Lipinski definition) is 1. The summed E-state index contributed by atoms with van der Waals surface area (Å²) in [6, 6.07) is 24.9. The Morgan fingerprint density at radius 2 is 1.68 bits per heavy atom. The van der Waals surface area contributed by atoms with E-state index in [4.69, 9.17) is 4.42 Å². The van der Waals surface area contributed by atoms with Crippen molar-refractivity contribution >= 4 is 45.7 Å². The number of ether oxygens (including phenoxy) is 1. The number of nitrogens with one attached hydrogen (secondary N) is 1. The van der Waals surface area contributed by atoms with Crippen molar-refractivity contribution in [2.45, 2.75) is 13.1 Å². The molecule has 188 valence electrons. The van der Waals surface area contributed by atoms with Crippen molar-refractivity contribution in [3.63, 3.8) is 0 Å². The molecule has 6 rings (SSSR count). The van der Waals surface area contributed by atoms with Gasteiger partial charge in [-0.25, -0.2) is 9.59 Å². The minimum atomic E-state index is -0.631. The van der Waals surface area contributed by atoms with Crippen molar-refractivity contribution < 1.29 is 23.5 Å². The van der Waals surface area contributed by atoms with Gasteiger partial charge in [-0.05, 0) is 40.6 Å². The lowest BCUT2D eigenvalue weighted by molar-refractivity contribution is -0.123. The summed E-state index contributed by atoms with van der Waals surface area (Å²) in [5.74, 6) is -0.808. The largest absolute Gasteiger partial charge is 0.463 e. The number of fused-ring (bicyclic) bond motifs is 2. The third kappa shape index (κ3) is 4.12. The second kappa shape index (κ2) is 9.40. The molecular weight excluding hydrogens is 482 g/mol. The van der Waals surface area contributed by atoms with E-state index >= 15 is 0 Å². The summed E-state index contributed by atoms with van der Waals surface area (Å²) in [5, 5.41) is 6.00. The molecule has 38 heavy (non-hydrogen) atoms. The highest BCUT2D eigenvalue weighted by Crippen LogP contribution is 2.28. The lowest BCUT2D eigenvalue weighted by Gasteiger charge is -2.09. The summed E-state index contributed by atoms with van der Waals surface area (Å²) >= 11 is 0. The molecule has 0 saturated carbocycles. The Kier molecular flexibility index (Phi) is 5.76. The number of aromatic nitrogens is 1. The first kappa shape index (κ1) is 23.3. The number of hydrogen-bond acceptors (Lipinski definition) is 5. The first-order valence-corrected chi connectivity index (χ1v) is 12.1. The number of amides is 3. The van der Waals surface area contributed by atoms with Crippen LogP contribution in [0.4, 0.5) is 4.79 Å². The molecule has 1 aliphatic rings. The number of para-hydroxylation sites is 1. The number of imide groups is 1. The Bertz CT molecular complexity index is 1750. The van der Waals surface area contributed by atoms with Crippen LogP contribution in [0.5, 0.6) is 0 Å². The van der Waals surface area contributed by atoms with Gasteiger partial charge in [0.1, 0.15) is 11.5 Å². The molecule has 0 unspecified atom stereocenters. The molecule has 3 heterocycles. The highest BCUT2D eigenvalue weighted by atomic mass is 16.5. The normalized spacial score (nSPS) is 14.6. The highest BCUT2D eigenvalue weighted by molar-refractivity contribution is 6.14. The van der Waals surface area contributed by atoms with Gasteiger partial charge in [-0.2, -0.15) is 0 Å². The van der Waals surface area contributed by atoms with Crippen LogP contribution in [-0.2, 0) is 22.6 Å². The maximum absolute atomic E-state index is 13.1. The van der Waals surface area contributed by atoms with Crippen molar-refractivity contribution in [2.75, 3.05) is 7.11 Å². The molecule has 1 fully saturated rings. The van der Waals surface area contributed by atoms with Crippen molar-refractivity contribution in [2.24, 2.45) is 0 Å². The van der Waals surface area contributed by atoms with Crippen LogP contribution in [0.3, 0.4) is 0 Å². The Balaban J connectivity index is 1.31. The summed E-state index contributed by atoms with van der Waals surface area (Å²) in [6.07, 6.45) is 3.70. The van der Waals surface area contributed by atoms with E-state index in [1.807, 2.05) is 42.6 Å². The minimum absolute atomic E-state index is 0.00400. The van der Waals surface area contributed by atoms with E-state index in [1.165, 1.54) is 35.6 Å². The fourth-order valence-electron chi connectivity index (χ4n) is 4.83. The molecule has 8 nitrogen and oxygen atoms in total. The van der Waals surface area contributed by atoms with E-state index in [-0.39, 0.29) is 18.0 Å². The maximum Gasteiger partial charge on any atom is 0.373 e. The second-order valence-corrected chi connectivity index (χ2v) is 9.00. The molecule has 2 aromatic heterocycles. The Morgan fingerprint density at radius 3 is 2.53 bits per heavy atom. The van der Waals surface area contributed by atoms with Crippen LogP contribution in [0.1, 0.15) is 27.4 Å². The van der Waals surface area contributed by atoms with Gasteiger partial charge in [0.25, 0.3) is 5.91 Å². The molecule has 8 heteroatoms. The third-order valence-electron chi connectivity index (χ3n) is 6.66. The van der Waals surface area contributed by atoms with Crippen LogP contribution in [0.15, 0.2) is 95.2 Å². The molecule has 1 aliphatic heterocycles. The predicted octanol–water partition coefficient (Wildman–Crippen LogP) is 5.32. The lowest BCUT2D eigenvalue weighted by Crippen LogP contribution is -2.30. The minimum Gasteiger partial charge on any atom is -0.463 e. The fraction of sp³-hybridized carbons (Fsp3) is 0.100. The van der Waals surface area contributed by atoms with Crippen molar-refractivity contribution in [3.8, 4) is 0 Å². The zero-order valence-corrected chi connectivity index (χ0v) is 20.5. The van der Waals surface area contributed by atoms with Gasteiger partial charge in [0.05, 0.1) is 13.7 Å². The molecule has 5 aromatic rings. The lowest BCUT2D eigenvalue weighted by atomic mass is 10.0. The van der Waals surface area contributed by atoms with Crippen LogP contribution in [0.2, 0.25) is 0 Å². The number of methoxy groups -OCH3 is 1. The molecule has 3 aromatic carbocycles. The van der Waals surface area contributed by atoms with Gasteiger partial charge < -0.3 is 19.0 Å². The highest BCUT2D eigenvalue weighted by Gasteiger charge is 2.34. The summed E-state index contributed by atoms with van der Waals surface area (Å²) in [6.45, 7) is 0.542. The summed E-state index contributed by atoms with van der Waals surface area (Å²) in [4.78, 5) is 38.5. The summed E-state index contributed by atoms with van der Waals surface area (Å²) in [5.41, 5.74) is 3.19. The Labute approximate surface area is 217 Å². The van der Waals surface area contributed by atoms with Gasteiger partial charge in [-0.15, -0.1) is 0 Å². The average molecular weight is 506 g/mol. The van der Waals surface area contributed by atoms with Gasteiger partial charge >= 0.3 is 12.0 Å². The summed E-state index contributed by atoms with van der Waals surface area (Å²) in [7, 11) is 1.25. The molecule has 0 bridgehead atoms. The molecule has 0 radical (unpaired) electrons. The number of urea groups is 1. The second-order valence-electron chi connectivity index (χ2n) is 9.00. The number of carbonyl (C=O) groups is 3. The summed E-state index contributed by atoms with van der Waals surface area (Å²) < 4.78 is 12.2. The number of rotatable bonds is 6. The number of furan rings is 1. The van der Waals surface area contributed by atoms with Crippen LogP contribution >= 0.6 is 0 Å². The molecule has 1 saturated heterocycles. The third-order valence-corrected chi connectivity index (χ3v) is 6.66. The smallest absolute Gasteiger partial charge is 0.373 e. The molecule has 0 aliphatic carbocycles. The SMILES string of the molecule is COC(=O)c1ccc(CN2C(=O)N/C(=C\c3cn(Cc4cccc5ccccc45)c4ccccc34)C2=O)o1. The Hall–Kier alpha value is -5.11. The fourth-order valence-corrected chi connectivity index (χ4v) is 4.83. The quantitative estimate of drug-likeness (QED) is 0.192. The van der Waals surface area contributed by atoms with Crippen molar-refractivity contribution in [3.05, 3.63) is 113 Å². The number of esters is 1. The predicted molar refractivity (Wildman–Crippen MR) is 142 cm³/mol. The van der Waals surface area contributed by atoms with Gasteiger partial charge in [-0.3, -0.25) is 9.69 Å². The van der Waals surface area contributed by atoms with E-state index in [2.05, 4.69) is 45.0 Å². The van der Waals surface area contributed by atoms with Crippen LogP contribution in [0, 0.1) is 0 Å².